The van der Waals surface area contributed by atoms with E-state index in [1.54, 1.807) is 0 Å². The monoisotopic (exact) mass is 308 g/mol. The van der Waals surface area contributed by atoms with Crippen LogP contribution in [0.15, 0.2) is 76.5 Å². The smallest absolute Gasteiger partial charge is 0.0229 e. The van der Waals surface area contributed by atoms with Crippen molar-refractivity contribution < 1.29 is 0 Å². The molecule has 4 rings (SSSR count). The first-order chi connectivity index (χ1) is 10.4. The van der Waals surface area contributed by atoms with Crippen molar-refractivity contribution in [3.8, 4) is 0 Å². The fraction of sp³-hybridized carbons (Fsp3) is 0.158. The maximum atomic E-state index is 2.31. The Kier molecular flexibility index (Phi) is 3.66. The van der Waals surface area contributed by atoms with Crippen LogP contribution in [-0.4, -0.2) is 11.0 Å². The lowest BCUT2D eigenvalue weighted by Gasteiger charge is -2.08. The molecule has 0 nitrogen and oxygen atoms in total. The normalized spacial score (nSPS) is 17.0. The van der Waals surface area contributed by atoms with Crippen LogP contribution in [0.25, 0.3) is 10.8 Å². The first-order valence-corrected chi connectivity index (χ1v) is 9.11. The summed E-state index contributed by atoms with van der Waals surface area (Å²) >= 11 is 4.02. The molecule has 0 radical (unpaired) electrons. The highest BCUT2D eigenvalue weighted by Gasteiger charge is 2.21. The molecular formula is C19H16S2. The van der Waals surface area contributed by atoms with Crippen molar-refractivity contribution in [1.29, 1.82) is 0 Å². The number of thioether (sulfide) groups is 2. The number of hydrogen-bond acceptors (Lipinski definition) is 2. The summed E-state index contributed by atoms with van der Waals surface area (Å²) in [5.74, 6) is 1.18. The number of benzene rings is 3. The fourth-order valence-electron chi connectivity index (χ4n) is 2.79. The van der Waals surface area contributed by atoms with Crippen LogP contribution in [-0.2, 0) is 6.42 Å². The van der Waals surface area contributed by atoms with Gasteiger partial charge in [0.25, 0.3) is 0 Å². The zero-order valence-electron chi connectivity index (χ0n) is 11.7. The van der Waals surface area contributed by atoms with E-state index in [4.69, 9.17) is 0 Å². The lowest BCUT2D eigenvalue weighted by molar-refractivity contribution is 0.970. The number of rotatable bonds is 3. The molecular weight excluding hydrogens is 292 g/mol. The van der Waals surface area contributed by atoms with E-state index < -0.39 is 0 Å². The van der Waals surface area contributed by atoms with Gasteiger partial charge in [0.2, 0.25) is 0 Å². The maximum Gasteiger partial charge on any atom is 0.0229 e. The van der Waals surface area contributed by atoms with Crippen LogP contribution in [0, 0.1) is 0 Å². The zero-order valence-corrected chi connectivity index (χ0v) is 13.3. The molecule has 3 aromatic rings. The summed E-state index contributed by atoms with van der Waals surface area (Å²) in [6.45, 7) is 0. The van der Waals surface area contributed by atoms with Gasteiger partial charge in [0, 0.05) is 20.8 Å². The molecule has 2 heteroatoms. The Morgan fingerprint density at radius 1 is 0.905 bits per heavy atom. The van der Waals surface area contributed by atoms with E-state index in [1.807, 2.05) is 23.5 Å². The van der Waals surface area contributed by atoms with Crippen molar-refractivity contribution in [3.63, 3.8) is 0 Å². The SMILES string of the molecule is c1ccc2c(c1)CC(CSc1ccc3ccccc3c1)S2. The van der Waals surface area contributed by atoms with Crippen molar-refractivity contribution in [2.24, 2.45) is 0 Å². The first kappa shape index (κ1) is 13.3. The van der Waals surface area contributed by atoms with E-state index in [0.29, 0.717) is 5.25 Å². The standard InChI is InChI=1S/C19H16S2/c1-2-6-15-11-17(10-9-14(15)5-1)20-13-18-12-16-7-3-4-8-19(16)21-18/h1-11,18H,12-13H2. The summed E-state index contributed by atoms with van der Waals surface area (Å²) < 4.78 is 0. The minimum Gasteiger partial charge on any atom is -0.125 e. The molecule has 0 fully saturated rings. The molecule has 0 amide bonds. The Morgan fingerprint density at radius 2 is 1.71 bits per heavy atom. The molecule has 0 bridgehead atoms. The third kappa shape index (κ3) is 2.83. The van der Waals surface area contributed by atoms with Crippen LogP contribution in [0.1, 0.15) is 5.56 Å². The van der Waals surface area contributed by atoms with Crippen molar-refractivity contribution in [1.82, 2.24) is 0 Å². The molecule has 3 aromatic carbocycles. The molecule has 21 heavy (non-hydrogen) atoms. The third-order valence-corrected chi connectivity index (χ3v) is 6.56. The summed E-state index contributed by atoms with van der Waals surface area (Å²) in [4.78, 5) is 2.85. The van der Waals surface area contributed by atoms with Gasteiger partial charge in [0.05, 0.1) is 0 Å². The highest BCUT2D eigenvalue weighted by molar-refractivity contribution is 8.03. The molecule has 1 aliphatic heterocycles. The van der Waals surface area contributed by atoms with Crippen LogP contribution >= 0.6 is 23.5 Å². The third-order valence-electron chi connectivity index (χ3n) is 3.87. The van der Waals surface area contributed by atoms with Gasteiger partial charge in [0.15, 0.2) is 0 Å². The summed E-state index contributed by atoms with van der Waals surface area (Å²) in [5, 5.41) is 3.37. The second kappa shape index (κ2) is 5.78. The van der Waals surface area contributed by atoms with Gasteiger partial charge in [-0.2, -0.15) is 0 Å². The highest BCUT2D eigenvalue weighted by Crippen LogP contribution is 2.39. The molecule has 1 heterocycles. The predicted octanol–water partition coefficient (Wildman–Crippen LogP) is 5.65. The largest absolute Gasteiger partial charge is 0.125 e. The summed E-state index contributed by atoms with van der Waals surface area (Å²) in [7, 11) is 0. The van der Waals surface area contributed by atoms with Gasteiger partial charge >= 0.3 is 0 Å². The molecule has 0 aliphatic carbocycles. The molecule has 1 aliphatic rings. The minimum absolute atomic E-state index is 0.707. The van der Waals surface area contributed by atoms with Crippen LogP contribution in [0.4, 0.5) is 0 Å². The summed E-state index contributed by atoms with van der Waals surface area (Å²) in [6.07, 6.45) is 1.21. The Hall–Kier alpha value is -1.38. The number of hydrogen-bond donors (Lipinski definition) is 0. The fourth-order valence-corrected chi connectivity index (χ4v) is 5.22. The Balaban J connectivity index is 1.45. The average Bonchev–Trinajstić information content (AvgIpc) is 2.95. The highest BCUT2D eigenvalue weighted by atomic mass is 32.2. The van der Waals surface area contributed by atoms with E-state index in [1.165, 1.54) is 38.3 Å². The zero-order chi connectivity index (χ0) is 14.1. The molecule has 0 aromatic heterocycles. The summed E-state index contributed by atoms with van der Waals surface area (Å²) in [5.41, 5.74) is 1.52. The second-order valence-corrected chi connectivity index (χ2v) is 7.81. The van der Waals surface area contributed by atoms with Gasteiger partial charge in [-0.25, -0.2) is 0 Å². The van der Waals surface area contributed by atoms with Gasteiger partial charge in [-0.15, -0.1) is 23.5 Å². The van der Waals surface area contributed by atoms with E-state index in [0.717, 1.165) is 0 Å². The van der Waals surface area contributed by atoms with Crippen LogP contribution < -0.4 is 0 Å². The Morgan fingerprint density at radius 3 is 2.62 bits per heavy atom. The molecule has 104 valence electrons. The van der Waals surface area contributed by atoms with Gasteiger partial charge < -0.3 is 0 Å². The summed E-state index contributed by atoms with van der Waals surface area (Å²) in [6, 6.07) is 24.2. The van der Waals surface area contributed by atoms with Gasteiger partial charge in [-0.3, -0.25) is 0 Å². The molecule has 0 N–H and O–H groups in total. The molecule has 1 atom stereocenters. The van der Waals surface area contributed by atoms with Crippen molar-refractivity contribution >= 4 is 34.3 Å². The predicted molar refractivity (Wildman–Crippen MR) is 94.5 cm³/mol. The molecule has 0 saturated carbocycles. The lowest BCUT2D eigenvalue weighted by atomic mass is 10.1. The van der Waals surface area contributed by atoms with E-state index in [9.17, 15) is 0 Å². The van der Waals surface area contributed by atoms with E-state index in [-0.39, 0.29) is 0 Å². The number of fused-ring (bicyclic) bond motifs is 2. The first-order valence-electron chi connectivity index (χ1n) is 7.25. The van der Waals surface area contributed by atoms with Crippen LogP contribution in [0.3, 0.4) is 0 Å². The van der Waals surface area contributed by atoms with Gasteiger partial charge in [0.1, 0.15) is 0 Å². The average molecular weight is 308 g/mol. The Bertz CT molecular complexity index is 754. The van der Waals surface area contributed by atoms with Crippen molar-refractivity contribution in [2.45, 2.75) is 21.5 Å². The van der Waals surface area contributed by atoms with Crippen LogP contribution in [0.2, 0.25) is 0 Å². The van der Waals surface area contributed by atoms with E-state index >= 15 is 0 Å². The van der Waals surface area contributed by atoms with Crippen molar-refractivity contribution in [3.05, 3.63) is 72.3 Å². The minimum atomic E-state index is 0.707. The van der Waals surface area contributed by atoms with E-state index in [2.05, 4.69) is 66.7 Å². The van der Waals surface area contributed by atoms with Crippen LogP contribution in [0.5, 0.6) is 0 Å². The van der Waals surface area contributed by atoms with Crippen molar-refractivity contribution in [2.75, 3.05) is 5.75 Å². The molecule has 0 saturated heterocycles. The molecule has 0 spiro atoms. The topological polar surface area (TPSA) is 0 Å². The maximum absolute atomic E-state index is 2.31. The molecule has 1 unspecified atom stereocenters. The quantitative estimate of drug-likeness (QED) is 0.573. The van der Waals surface area contributed by atoms with Gasteiger partial charge in [-0.05, 0) is 41.0 Å². The Labute approximate surface area is 134 Å². The lowest BCUT2D eigenvalue weighted by Crippen LogP contribution is -2.03. The second-order valence-electron chi connectivity index (χ2n) is 5.37. The van der Waals surface area contributed by atoms with Gasteiger partial charge in [-0.1, -0.05) is 48.5 Å².